The second-order valence-electron chi connectivity index (χ2n) is 4.08. The number of hydrogen-bond donors (Lipinski definition) is 1. The zero-order valence-electron chi connectivity index (χ0n) is 9.31. The zero-order valence-corrected chi connectivity index (χ0v) is 10.1. The molecule has 0 unspecified atom stereocenters. The summed E-state index contributed by atoms with van der Waals surface area (Å²) in [6.07, 6.45) is 1.91. The SMILES string of the molecule is Cc1ccc(NS(=O)(=O)N2CCCC2)cc1. The van der Waals surface area contributed by atoms with Gasteiger partial charge in [-0.15, -0.1) is 0 Å². The van der Waals surface area contributed by atoms with Gasteiger partial charge in [-0.2, -0.15) is 12.7 Å². The summed E-state index contributed by atoms with van der Waals surface area (Å²) in [6.45, 7) is 3.22. The van der Waals surface area contributed by atoms with Gasteiger partial charge in [-0.1, -0.05) is 17.7 Å². The van der Waals surface area contributed by atoms with E-state index in [1.165, 1.54) is 4.31 Å². The Hall–Kier alpha value is -1.07. The second-order valence-corrected chi connectivity index (χ2v) is 5.75. The topological polar surface area (TPSA) is 49.4 Å². The Morgan fingerprint density at radius 1 is 1.12 bits per heavy atom. The van der Waals surface area contributed by atoms with Gasteiger partial charge < -0.3 is 0 Å². The highest BCUT2D eigenvalue weighted by Gasteiger charge is 2.24. The van der Waals surface area contributed by atoms with Gasteiger partial charge >= 0.3 is 10.2 Å². The van der Waals surface area contributed by atoms with Crippen LogP contribution in [0.4, 0.5) is 5.69 Å². The minimum absolute atomic E-state index is 0.623. The van der Waals surface area contributed by atoms with Gasteiger partial charge in [-0.05, 0) is 31.9 Å². The predicted octanol–water partition coefficient (Wildman–Crippen LogP) is 1.75. The van der Waals surface area contributed by atoms with Gasteiger partial charge in [0.1, 0.15) is 0 Å². The van der Waals surface area contributed by atoms with E-state index in [0.717, 1.165) is 18.4 Å². The number of rotatable bonds is 3. The molecule has 5 heteroatoms. The molecule has 1 aromatic carbocycles. The highest BCUT2D eigenvalue weighted by atomic mass is 32.2. The van der Waals surface area contributed by atoms with Crippen molar-refractivity contribution < 1.29 is 8.42 Å². The third kappa shape index (κ3) is 2.54. The quantitative estimate of drug-likeness (QED) is 0.875. The summed E-state index contributed by atoms with van der Waals surface area (Å²) in [5.41, 5.74) is 1.74. The number of nitrogens with zero attached hydrogens (tertiary/aromatic N) is 1. The lowest BCUT2D eigenvalue weighted by Crippen LogP contribution is -2.33. The summed E-state index contributed by atoms with van der Waals surface area (Å²) in [5, 5.41) is 0. The van der Waals surface area contributed by atoms with Crippen LogP contribution in [0.1, 0.15) is 18.4 Å². The molecule has 1 aliphatic rings. The van der Waals surface area contributed by atoms with E-state index in [0.29, 0.717) is 18.8 Å². The van der Waals surface area contributed by atoms with Crippen molar-refractivity contribution >= 4 is 15.9 Å². The Kier molecular flexibility index (Phi) is 3.16. The smallest absolute Gasteiger partial charge is 0.271 e. The van der Waals surface area contributed by atoms with E-state index in [-0.39, 0.29) is 0 Å². The molecule has 0 bridgehead atoms. The maximum Gasteiger partial charge on any atom is 0.301 e. The fourth-order valence-electron chi connectivity index (χ4n) is 1.76. The van der Waals surface area contributed by atoms with Crippen LogP contribution in [0.15, 0.2) is 24.3 Å². The van der Waals surface area contributed by atoms with Gasteiger partial charge in [-0.3, -0.25) is 4.72 Å². The van der Waals surface area contributed by atoms with Gasteiger partial charge in [0.2, 0.25) is 0 Å². The molecule has 1 aromatic rings. The largest absolute Gasteiger partial charge is 0.301 e. The standard InChI is InChI=1S/C11H16N2O2S/c1-10-4-6-11(7-5-10)12-16(14,15)13-8-2-3-9-13/h4-7,12H,2-3,8-9H2,1H3. The molecule has 16 heavy (non-hydrogen) atoms. The average Bonchev–Trinajstić information content (AvgIpc) is 2.75. The summed E-state index contributed by atoms with van der Waals surface area (Å²) in [7, 11) is -3.34. The third-order valence-corrected chi connectivity index (χ3v) is 4.24. The van der Waals surface area contributed by atoms with Crippen LogP contribution < -0.4 is 4.72 Å². The van der Waals surface area contributed by atoms with Crippen LogP contribution in [0.5, 0.6) is 0 Å². The summed E-state index contributed by atoms with van der Waals surface area (Å²) < 4.78 is 27.9. The monoisotopic (exact) mass is 240 g/mol. The van der Waals surface area contributed by atoms with Gasteiger partial charge in [0, 0.05) is 18.8 Å². The first-order valence-electron chi connectivity index (χ1n) is 5.42. The number of nitrogens with one attached hydrogen (secondary N) is 1. The summed E-state index contributed by atoms with van der Waals surface area (Å²) >= 11 is 0. The maximum absolute atomic E-state index is 11.9. The van der Waals surface area contributed by atoms with Crippen LogP contribution in [-0.2, 0) is 10.2 Å². The maximum atomic E-state index is 11.9. The highest BCUT2D eigenvalue weighted by Crippen LogP contribution is 2.16. The Bertz CT molecular complexity index is 447. The van der Waals surface area contributed by atoms with Gasteiger partial charge in [0.25, 0.3) is 0 Å². The molecular formula is C11H16N2O2S. The van der Waals surface area contributed by atoms with E-state index in [1.54, 1.807) is 12.1 Å². The van der Waals surface area contributed by atoms with E-state index in [9.17, 15) is 8.42 Å². The predicted molar refractivity (Wildman–Crippen MR) is 64.5 cm³/mol. The second kappa shape index (κ2) is 4.43. The first-order chi connectivity index (χ1) is 7.58. The average molecular weight is 240 g/mol. The van der Waals surface area contributed by atoms with Gasteiger partial charge in [0.15, 0.2) is 0 Å². The molecule has 0 atom stereocenters. The van der Waals surface area contributed by atoms with Gasteiger partial charge in [0.05, 0.1) is 0 Å². The van der Waals surface area contributed by atoms with Crippen LogP contribution in [0.3, 0.4) is 0 Å². The Morgan fingerprint density at radius 3 is 2.25 bits per heavy atom. The number of anilines is 1. The Balaban J connectivity index is 2.11. The molecule has 1 saturated heterocycles. The lowest BCUT2D eigenvalue weighted by atomic mass is 10.2. The van der Waals surface area contributed by atoms with Crippen molar-refractivity contribution in [3.05, 3.63) is 29.8 Å². The summed E-state index contributed by atoms with van der Waals surface area (Å²) in [5.74, 6) is 0. The number of hydrogen-bond acceptors (Lipinski definition) is 2. The lowest BCUT2D eigenvalue weighted by Gasteiger charge is -2.16. The third-order valence-electron chi connectivity index (χ3n) is 2.70. The van der Waals surface area contributed by atoms with E-state index in [4.69, 9.17) is 0 Å². The fourth-order valence-corrected chi connectivity index (χ4v) is 3.07. The highest BCUT2D eigenvalue weighted by molar-refractivity contribution is 7.90. The molecule has 0 saturated carbocycles. The van der Waals surface area contributed by atoms with Crippen molar-refractivity contribution in [2.24, 2.45) is 0 Å². The first-order valence-corrected chi connectivity index (χ1v) is 6.86. The minimum atomic E-state index is -3.34. The summed E-state index contributed by atoms with van der Waals surface area (Å²) in [6, 6.07) is 7.34. The number of benzene rings is 1. The van der Waals surface area contributed by atoms with Crippen molar-refractivity contribution in [2.75, 3.05) is 17.8 Å². The van der Waals surface area contributed by atoms with E-state index in [2.05, 4.69) is 4.72 Å². The molecule has 1 fully saturated rings. The molecule has 88 valence electrons. The molecule has 0 amide bonds. The van der Waals surface area contributed by atoms with Crippen molar-refractivity contribution in [2.45, 2.75) is 19.8 Å². The first kappa shape index (κ1) is 11.4. The lowest BCUT2D eigenvalue weighted by molar-refractivity contribution is 0.482. The zero-order chi connectivity index (χ0) is 11.6. The normalized spacial score (nSPS) is 17.6. The van der Waals surface area contributed by atoms with Crippen LogP contribution in [0.2, 0.25) is 0 Å². The molecule has 0 radical (unpaired) electrons. The van der Waals surface area contributed by atoms with Crippen molar-refractivity contribution in [3.8, 4) is 0 Å². The van der Waals surface area contributed by atoms with E-state index in [1.807, 2.05) is 19.1 Å². The van der Waals surface area contributed by atoms with Crippen molar-refractivity contribution in [1.29, 1.82) is 0 Å². The minimum Gasteiger partial charge on any atom is -0.271 e. The summed E-state index contributed by atoms with van der Waals surface area (Å²) in [4.78, 5) is 0. The van der Waals surface area contributed by atoms with Crippen LogP contribution in [-0.4, -0.2) is 25.8 Å². The van der Waals surface area contributed by atoms with Crippen molar-refractivity contribution in [1.82, 2.24) is 4.31 Å². The molecule has 4 nitrogen and oxygen atoms in total. The molecule has 0 aromatic heterocycles. The fraction of sp³-hybridized carbons (Fsp3) is 0.455. The molecule has 2 rings (SSSR count). The molecule has 1 aliphatic heterocycles. The Labute approximate surface area is 96.5 Å². The van der Waals surface area contributed by atoms with Crippen LogP contribution >= 0.6 is 0 Å². The molecule has 1 heterocycles. The Morgan fingerprint density at radius 2 is 1.69 bits per heavy atom. The molecule has 1 N–H and O–H groups in total. The molecule has 0 spiro atoms. The van der Waals surface area contributed by atoms with Crippen LogP contribution in [0, 0.1) is 6.92 Å². The molecular weight excluding hydrogens is 224 g/mol. The van der Waals surface area contributed by atoms with E-state index < -0.39 is 10.2 Å². The van der Waals surface area contributed by atoms with Gasteiger partial charge in [-0.25, -0.2) is 0 Å². The van der Waals surface area contributed by atoms with Crippen LogP contribution in [0.25, 0.3) is 0 Å². The van der Waals surface area contributed by atoms with E-state index >= 15 is 0 Å². The molecule has 0 aliphatic carbocycles. The van der Waals surface area contributed by atoms with Crippen molar-refractivity contribution in [3.63, 3.8) is 0 Å². The number of aryl methyl sites for hydroxylation is 1.